The third kappa shape index (κ3) is 4.98. The zero-order valence-corrected chi connectivity index (χ0v) is 16.1. The van der Waals surface area contributed by atoms with E-state index in [0.717, 1.165) is 18.2 Å². The molecule has 1 amide bonds. The monoisotopic (exact) mass is 419 g/mol. The van der Waals surface area contributed by atoms with E-state index in [-0.39, 0.29) is 22.9 Å². The second kappa shape index (κ2) is 9.32. The number of hydrogen-bond acceptors (Lipinski definition) is 9. The number of carbonyl (C=O) groups is 2. The van der Waals surface area contributed by atoms with Gasteiger partial charge in [-0.25, -0.2) is 4.79 Å². The Hall–Kier alpha value is -4.22. The third-order valence-electron chi connectivity index (χ3n) is 3.90. The molecule has 0 bridgehead atoms. The van der Waals surface area contributed by atoms with Crippen molar-refractivity contribution in [2.75, 3.05) is 19.5 Å². The minimum Gasteiger partial charge on any atom is -0.493 e. The zero-order chi connectivity index (χ0) is 22.4. The van der Waals surface area contributed by atoms with E-state index in [0.29, 0.717) is 0 Å². The van der Waals surface area contributed by atoms with Gasteiger partial charge in [-0.05, 0) is 13.0 Å². The Morgan fingerprint density at radius 2 is 1.63 bits per heavy atom. The largest absolute Gasteiger partial charge is 0.493 e. The second-order valence-corrected chi connectivity index (χ2v) is 5.83. The highest BCUT2D eigenvalue weighted by molar-refractivity contribution is 5.99. The molecule has 0 fully saturated rings. The Bertz CT molecular complexity index is 1010. The smallest absolute Gasteiger partial charge is 0.346 e. The number of hydrogen-bond donors (Lipinski definition) is 1. The number of esters is 1. The predicted molar refractivity (Wildman–Crippen MR) is 103 cm³/mol. The molecule has 0 aliphatic heterocycles. The highest BCUT2D eigenvalue weighted by atomic mass is 16.6. The molecule has 0 aliphatic carbocycles. The van der Waals surface area contributed by atoms with Crippen LogP contribution >= 0.6 is 0 Å². The van der Waals surface area contributed by atoms with E-state index >= 15 is 0 Å². The van der Waals surface area contributed by atoms with Crippen molar-refractivity contribution in [2.24, 2.45) is 0 Å². The van der Waals surface area contributed by atoms with E-state index in [1.54, 1.807) is 0 Å². The summed E-state index contributed by atoms with van der Waals surface area (Å²) in [4.78, 5) is 45.4. The van der Waals surface area contributed by atoms with Crippen LogP contribution in [-0.2, 0) is 9.53 Å². The fraction of sp³-hybridized carbons (Fsp3) is 0.222. The molecule has 1 N–H and O–H groups in total. The lowest BCUT2D eigenvalue weighted by Crippen LogP contribution is -2.30. The van der Waals surface area contributed by atoms with Crippen LogP contribution in [-0.4, -0.2) is 42.0 Å². The molecule has 0 spiro atoms. The Morgan fingerprint density at radius 1 is 1.00 bits per heavy atom. The summed E-state index contributed by atoms with van der Waals surface area (Å²) in [6.07, 6.45) is -1.36. The molecule has 1 atom stereocenters. The van der Waals surface area contributed by atoms with Crippen molar-refractivity contribution >= 4 is 28.9 Å². The average molecular weight is 419 g/mol. The quantitative estimate of drug-likeness (QED) is 0.385. The van der Waals surface area contributed by atoms with Gasteiger partial charge in [0.2, 0.25) is 0 Å². The van der Waals surface area contributed by atoms with Gasteiger partial charge in [0.05, 0.1) is 30.1 Å². The van der Waals surface area contributed by atoms with E-state index in [9.17, 15) is 29.8 Å². The summed E-state index contributed by atoms with van der Waals surface area (Å²) in [6, 6.07) is 7.24. The van der Waals surface area contributed by atoms with Crippen LogP contribution in [0.5, 0.6) is 11.5 Å². The fourth-order valence-corrected chi connectivity index (χ4v) is 2.40. The van der Waals surface area contributed by atoms with Gasteiger partial charge >= 0.3 is 5.97 Å². The van der Waals surface area contributed by atoms with Crippen LogP contribution in [0.1, 0.15) is 17.3 Å². The number of carbonyl (C=O) groups excluding carboxylic acids is 2. The van der Waals surface area contributed by atoms with Crippen LogP contribution in [0.15, 0.2) is 36.4 Å². The SMILES string of the molecule is COc1cc(C(=O)OC(C)C(=O)Nc2cccc([N+](=O)[O-])c2)c([N+](=O)[O-])cc1OC. The zero-order valence-electron chi connectivity index (χ0n) is 16.1. The van der Waals surface area contributed by atoms with E-state index in [1.165, 1.54) is 39.3 Å². The topological polar surface area (TPSA) is 160 Å². The van der Waals surface area contributed by atoms with Crippen molar-refractivity contribution in [3.8, 4) is 11.5 Å². The first-order valence-corrected chi connectivity index (χ1v) is 8.34. The van der Waals surface area contributed by atoms with Crippen molar-refractivity contribution in [3.05, 3.63) is 62.2 Å². The van der Waals surface area contributed by atoms with E-state index in [4.69, 9.17) is 14.2 Å². The van der Waals surface area contributed by atoms with Gasteiger partial charge in [-0.2, -0.15) is 0 Å². The molecule has 0 radical (unpaired) electrons. The number of rotatable bonds is 8. The van der Waals surface area contributed by atoms with Crippen molar-refractivity contribution in [1.29, 1.82) is 0 Å². The van der Waals surface area contributed by atoms with E-state index < -0.39 is 39.1 Å². The van der Waals surface area contributed by atoms with Crippen LogP contribution in [0, 0.1) is 20.2 Å². The van der Waals surface area contributed by atoms with Gasteiger partial charge in [0.25, 0.3) is 17.3 Å². The first-order valence-electron chi connectivity index (χ1n) is 8.34. The molecule has 0 heterocycles. The molecule has 2 aromatic rings. The number of nitrogens with zero attached hydrogens (tertiary/aromatic N) is 2. The maximum Gasteiger partial charge on any atom is 0.346 e. The van der Waals surface area contributed by atoms with Gasteiger partial charge in [0, 0.05) is 23.9 Å². The third-order valence-corrected chi connectivity index (χ3v) is 3.90. The van der Waals surface area contributed by atoms with Crippen LogP contribution < -0.4 is 14.8 Å². The number of methoxy groups -OCH3 is 2. The summed E-state index contributed by atoms with van der Waals surface area (Å²) in [5.74, 6) is -1.82. The van der Waals surface area contributed by atoms with Crippen LogP contribution in [0.25, 0.3) is 0 Å². The minimum absolute atomic E-state index is 0.0391. The number of nitrogens with one attached hydrogen (secondary N) is 1. The van der Waals surface area contributed by atoms with Gasteiger partial charge < -0.3 is 19.5 Å². The Labute approximate surface area is 169 Å². The second-order valence-electron chi connectivity index (χ2n) is 5.83. The lowest BCUT2D eigenvalue weighted by molar-refractivity contribution is -0.385. The Kier molecular flexibility index (Phi) is 6.86. The Balaban J connectivity index is 2.20. The molecule has 2 rings (SSSR count). The fourth-order valence-electron chi connectivity index (χ4n) is 2.40. The van der Waals surface area contributed by atoms with Gasteiger partial charge in [-0.1, -0.05) is 6.07 Å². The molecule has 12 nitrogen and oxygen atoms in total. The maximum absolute atomic E-state index is 12.5. The average Bonchev–Trinajstić information content (AvgIpc) is 2.72. The lowest BCUT2D eigenvalue weighted by Gasteiger charge is -2.14. The van der Waals surface area contributed by atoms with E-state index in [2.05, 4.69) is 5.32 Å². The summed E-state index contributed by atoms with van der Waals surface area (Å²) in [5.41, 5.74) is -1.15. The minimum atomic E-state index is -1.36. The van der Waals surface area contributed by atoms with Crippen LogP contribution in [0.3, 0.4) is 0 Å². The predicted octanol–water partition coefficient (Wildman–Crippen LogP) is 2.70. The van der Waals surface area contributed by atoms with Crippen molar-refractivity contribution in [3.63, 3.8) is 0 Å². The first kappa shape index (κ1) is 22.1. The number of benzene rings is 2. The number of nitro benzene ring substituents is 2. The molecule has 2 aromatic carbocycles. The molecule has 0 aromatic heterocycles. The van der Waals surface area contributed by atoms with Crippen molar-refractivity contribution in [1.82, 2.24) is 0 Å². The summed E-state index contributed by atoms with van der Waals surface area (Å²) < 4.78 is 15.0. The van der Waals surface area contributed by atoms with Gasteiger partial charge in [0.1, 0.15) is 5.56 Å². The van der Waals surface area contributed by atoms with Crippen LogP contribution in [0.4, 0.5) is 17.1 Å². The number of non-ortho nitro benzene ring substituents is 1. The molecule has 12 heteroatoms. The van der Waals surface area contributed by atoms with Crippen molar-refractivity contribution in [2.45, 2.75) is 13.0 Å². The Morgan fingerprint density at radius 3 is 2.20 bits per heavy atom. The highest BCUT2D eigenvalue weighted by Crippen LogP contribution is 2.35. The molecule has 158 valence electrons. The number of anilines is 1. The summed E-state index contributed by atoms with van der Waals surface area (Å²) >= 11 is 0. The van der Waals surface area contributed by atoms with Gasteiger partial charge in [-0.15, -0.1) is 0 Å². The summed E-state index contributed by atoms with van der Waals surface area (Å²) in [7, 11) is 2.56. The molecular weight excluding hydrogens is 402 g/mol. The van der Waals surface area contributed by atoms with Crippen LogP contribution in [0.2, 0.25) is 0 Å². The molecule has 0 saturated heterocycles. The number of ether oxygens (including phenoxy) is 3. The molecule has 0 saturated carbocycles. The van der Waals surface area contributed by atoms with Crippen molar-refractivity contribution < 1.29 is 33.6 Å². The molecule has 0 aliphatic rings. The standard InChI is InChI=1S/C18H17N3O9/c1-10(17(22)19-11-5-4-6-12(7-11)20(24)25)30-18(23)13-8-15(28-2)16(29-3)9-14(13)21(26)27/h4-10H,1-3H3,(H,19,22). The van der Waals surface area contributed by atoms with Gasteiger partial charge in [-0.3, -0.25) is 25.0 Å². The molecular formula is C18H17N3O9. The molecule has 1 unspecified atom stereocenters. The lowest BCUT2D eigenvalue weighted by atomic mass is 10.1. The maximum atomic E-state index is 12.5. The number of nitro groups is 2. The summed E-state index contributed by atoms with van der Waals surface area (Å²) in [5, 5.41) is 24.5. The highest BCUT2D eigenvalue weighted by Gasteiger charge is 2.28. The molecule has 30 heavy (non-hydrogen) atoms. The van der Waals surface area contributed by atoms with E-state index in [1.807, 2.05) is 0 Å². The van der Waals surface area contributed by atoms with Gasteiger partial charge in [0.15, 0.2) is 17.6 Å². The first-order chi connectivity index (χ1) is 14.2. The number of amides is 1. The normalized spacial score (nSPS) is 11.2. The summed E-state index contributed by atoms with van der Waals surface area (Å²) in [6.45, 7) is 1.25.